The lowest BCUT2D eigenvalue weighted by molar-refractivity contribution is 0.0682. The molecule has 0 aliphatic rings. The van der Waals surface area contributed by atoms with E-state index >= 15 is 0 Å². The minimum Gasteiger partial charge on any atom is -0.478 e. The molecule has 0 amide bonds. The van der Waals surface area contributed by atoms with Gasteiger partial charge in [0.25, 0.3) is 0 Å². The average molecular weight is 258 g/mol. The van der Waals surface area contributed by atoms with E-state index in [0.29, 0.717) is 0 Å². The minimum absolute atomic E-state index is 0.205. The van der Waals surface area contributed by atoms with Crippen LogP contribution in [-0.2, 0) is 0 Å². The fraction of sp³-hybridized carbons (Fsp3) is 0. The van der Waals surface area contributed by atoms with Gasteiger partial charge < -0.3 is 10.2 Å². The predicted octanol–water partition coefficient (Wildman–Crippen LogP) is 2.47. The highest BCUT2D eigenvalue weighted by Gasteiger charge is 2.19. The molecule has 7 heteroatoms. The van der Waals surface area contributed by atoms with E-state index in [4.69, 9.17) is 21.8 Å². The maximum absolute atomic E-state index is 10.8. The summed E-state index contributed by atoms with van der Waals surface area (Å²) in [7, 11) is 0. The molecule has 2 N–H and O–H groups in total. The Balaban J connectivity index is 3.60. The maximum atomic E-state index is 10.8. The van der Waals surface area contributed by atoms with Crippen molar-refractivity contribution >= 4 is 46.6 Å². The second-order valence-electron chi connectivity index (χ2n) is 2.64. The standard InChI is InChI=1S/C9H4ClNO4S/c10-6-4(8(12)13)1-2-5(9(14)15)7(6)11-3-16/h1-2H,(H,12,13)(H,14,15). The molecule has 1 rings (SSSR count). The number of nitrogens with zero attached hydrogens (tertiary/aromatic N) is 1. The van der Waals surface area contributed by atoms with Crippen molar-refractivity contribution in [3.63, 3.8) is 0 Å². The summed E-state index contributed by atoms with van der Waals surface area (Å²) in [5, 5.41) is 19.3. The molecule has 0 spiro atoms. The van der Waals surface area contributed by atoms with Crippen LogP contribution >= 0.6 is 23.8 Å². The molecule has 0 atom stereocenters. The first kappa shape index (κ1) is 12.3. The molecule has 0 fully saturated rings. The van der Waals surface area contributed by atoms with Gasteiger partial charge in [-0.1, -0.05) is 11.6 Å². The Morgan fingerprint density at radius 2 is 1.75 bits per heavy atom. The van der Waals surface area contributed by atoms with Crippen molar-refractivity contribution in [3.8, 4) is 0 Å². The van der Waals surface area contributed by atoms with Crippen molar-refractivity contribution in [3.05, 3.63) is 28.3 Å². The number of hydrogen-bond donors (Lipinski definition) is 2. The molecule has 0 bridgehead atoms. The number of hydrogen-bond acceptors (Lipinski definition) is 4. The maximum Gasteiger partial charge on any atom is 0.337 e. The molecule has 82 valence electrons. The van der Waals surface area contributed by atoms with Crippen LogP contribution in [0.5, 0.6) is 0 Å². The summed E-state index contributed by atoms with van der Waals surface area (Å²) < 4.78 is 0. The van der Waals surface area contributed by atoms with Crippen LogP contribution in [0.3, 0.4) is 0 Å². The van der Waals surface area contributed by atoms with Crippen LogP contribution in [0, 0.1) is 0 Å². The molecule has 0 aromatic heterocycles. The third-order valence-corrected chi connectivity index (χ3v) is 2.21. The van der Waals surface area contributed by atoms with Crippen LogP contribution in [0.25, 0.3) is 0 Å². The second-order valence-corrected chi connectivity index (χ2v) is 3.20. The van der Waals surface area contributed by atoms with E-state index in [0.717, 1.165) is 12.1 Å². The van der Waals surface area contributed by atoms with Crippen molar-refractivity contribution in [1.82, 2.24) is 0 Å². The van der Waals surface area contributed by atoms with Crippen LogP contribution in [0.1, 0.15) is 20.7 Å². The fourth-order valence-corrected chi connectivity index (χ4v) is 1.44. The lowest BCUT2D eigenvalue weighted by atomic mass is 10.1. The van der Waals surface area contributed by atoms with Crippen molar-refractivity contribution in [2.75, 3.05) is 0 Å². The highest BCUT2D eigenvalue weighted by Crippen LogP contribution is 2.32. The van der Waals surface area contributed by atoms with Crippen LogP contribution < -0.4 is 0 Å². The molecule has 0 saturated heterocycles. The Labute approximate surface area is 100.0 Å². The molecule has 0 heterocycles. The van der Waals surface area contributed by atoms with E-state index in [9.17, 15) is 9.59 Å². The zero-order valence-corrected chi connectivity index (χ0v) is 9.17. The Kier molecular flexibility index (Phi) is 3.73. The van der Waals surface area contributed by atoms with Crippen molar-refractivity contribution in [1.29, 1.82) is 0 Å². The van der Waals surface area contributed by atoms with Gasteiger partial charge in [-0.3, -0.25) is 0 Å². The van der Waals surface area contributed by atoms with Gasteiger partial charge >= 0.3 is 11.9 Å². The normalized spacial score (nSPS) is 9.31. The third kappa shape index (κ3) is 2.25. The van der Waals surface area contributed by atoms with Gasteiger partial charge in [-0.15, -0.1) is 0 Å². The summed E-state index contributed by atoms with van der Waals surface area (Å²) >= 11 is 10.0. The molecule has 0 saturated carbocycles. The van der Waals surface area contributed by atoms with Gasteiger partial charge in [0.2, 0.25) is 0 Å². The molecule has 0 aliphatic heterocycles. The van der Waals surface area contributed by atoms with Crippen molar-refractivity contribution < 1.29 is 19.8 Å². The van der Waals surface area contributed by atoms with Gasteiger partial charge in [0.1, 0.15) is 5.69 Å². The van der Waals surface area contributed by atoms with Crippen LogP contribution in [-0.4, -0.2) is 27.3 Å². The third-order valence-electron chi connectivity index (χ3n) is 1.73. The zero-order valence-electron chi connectivity index (χ0n) is 7.60. The van der Waals surface area contributed by atoms with Gasteiger partial charge in [0, 0.05) is 0 Å². The van der Waals surface area contributed by atoms with Crippen LogP contribution in [0.15, 0.2) is 17.1 Å². The lowest BCUT2D eigenvalue weighted by Gasteiger charge is -2.04. The summed E-state index contributed by atoms with van der Waals surface area (Å²) in [6.07, 6.45) is 0. The molecule has 5 nitrogen and oxygen atoms in total. The Morgan fingerprint density at radius 3 is 2.19 bits per heavy atom. The number of isothiocyanates is 1. The molecular weight excluding hydrogens is 254 g/mol. The van der Waals surface area contributed by atoms with Gasteiger partial charge in [-0.2, -0.15) is 4.99 Å². The van der Waals surface area contributed by atoms with E-state index in [-0.39, 0.29) is 21.8 Å². The first-order valence-corrected chi connectivity index (χ1v) is 4.64. The predicted molar refractivity (Wildman–Crippen MR) is 60.1 cm³/mol. The van der Waals surface area contributed by atoms with Gasteiger partial charge in [0.15, 0.2) is 0 Å². The number of benzene rings is 1. The average Bonchev–Trinajstić information content (AvgIpc) is 2.20. The van der Waals surface area contributed by atoms with Crippen LogP contribution in [0.2, 0.25) is 5.02 Å². The lowest BCUT2D eigenvalue weighted by Crippen LogP contribution is -2.02. The van der Waals surface area contributed by atoms with E-state index in [1.165, 1.54) is 0 Å². The largest absolute Gasteiger partial charge is 0.478 e. The Morgan fingerprint density at radius 1 is 1.25 bits per heavy atom. The molecule has 0 aliphatic carbocycles. The second kappa shape index (κ2) is 4.85. The first-order valence-electron chi connectivity index (χ1n) is 3.86. The summed E-state index contributed by atoms with van der Waals surface area (Å²) in [6, 6.07) is 2.19. The Bertz CT molecular complexity index is 522. The minimum atomic E-state index is -1.28. The summed E-state index contributed by atoms with van der Waals surface area (Å²) in [6.45, 7) is 0. The first-order chi connectivity index (χ1) is 7.49. The topological polar surface area (TPSA) is 87.0 Å². The molecule has 0 radical (unpaired) electrons. The number of aromatic carboxylic acids is 2. The number of rotatable bonds is 3. The van der Waals surface area contributed by atoms with E-state index in [2.05, 4.69) is 17.2 Å². The van der Waals surface area contributed by atoms with E-state index in [1.807, 2.05) is 5.16 Å². The quantitative estimate of drug-likeness (QED) is 0.642. The summed E-state index contributed by atoms with van der Waals surface area (Å²) in [4.78, 5) is 25.0. The smallest absolute Gasteiger partial charge is 0.337 e. The molecule has 1 aromatic rings. The van der Waals surface area contributed by atoms with E-state index in [1.54, 1.807) is 0 Å². The van der Waals surface area contributed by atoms with Crippen molar-refractivity contribution in [2.45, 2.75) is 0 Å². The van der Waals surface area contributed by atoms with Gasteiger partial charge in [0.05, 0.1) is 21.3 Å². The van der Waals surface area contributed by atoms with Crippen molar-refractivity contribution in [2.24, 2.45) is 4.99 Å². The van der Waals surface area contributed by atoms with E-state index < -0.39 is 11.9 Å². The molecular formula is C9H4ClNO4S. The number of aliphatic imine (C=N–C) groups is 1. The number of thiocarbonyl (C=S) groups is 1. The number of carboxylic acids is 2. The zero-order chi connectivity index (χ0) is 12.3. The SMILES string of the molecule is O=C(O)c1ccc(C(=O)O)c(N=C=S)c1Cl. The van der Waals surface area contributed by atoms with Crippen LogP contribution in [0.4, 0.5) is 5.69 Å². The molecule has 16 heavy (non-hydrogen) atoms. The number of carboxylic acid groups (broad SMARTS) is 2. The number of halogens is 1. The summed E-state index contributed by atoms with van der Waals surface area (Å²) in [5.41, 5.74) is -0.674. The highest BCUT2D eigenvalue weighted by atomic mass is 35.5. The molecule has 1 aromatic carbocycles. The van der Waals surface area contributed by atoms with Gasteiger partial charge in [-0.05, 0) is 24.4 Å². The summed E-state index contributed by atoms with van der Waals surface area (Å²) in [5.74, 6) is -2.55. The van der Waals surface area contributed by atoms with Gasteiger partial charge in [-0.25, -0.2) is 9.59 Å². The monoisotopic (exact) mass is 257 g/mol. The Hall–Kier alpha value is -1.75. The fourth-order valence-electron chi connectivity index (χ4n) is 1.06. The highest BCUT2D eigenvalue weighted by molar-refractivity contribution is 7.78. The number of carbonyl (C=O) groups is 2. The molecule has 0 unspecified atom stereocenters.